The van der Waals surface area contributed by atoms with E-state index in [0.717, 1.165) is 11.8 Å². The monoisotopic (exact) mass is 1690 g/mol. The Morgan fingerprint density at radius 1 is 0.427 bits per heavy atom. The maximum Gasteiger partial charge on any atom is 0.327 e. The summed E-state index contributed by atoms with van der Waals surface area (Å²) in [6.07, 6.45) is -33.2. The van der Waals surface area contributed by atoms with Crippen molar-refractivity contribution in [2.45, 2.75) is 199 Å². The number of nitrogens with two attached hydrogens (primary N) is 1. The summed E-state index contributed by atoms with van der Waals surface area (Å²) in [5.74, 6) is -20.0. The summed E-state index contributed by atoms with van der Waals surface area (Å²) >= 11 is 0.925. The molecule has 3 rings (SSSR count). The SMILES string of the molecule is CSC[C@@H](NC(=O)[C@H](CCC(=O)NC[C@H](O)[C@@H](O)[C@H](O)[C@H](O)CO)NC(=O)[C@@H](CCC(=O)O)NC(=O)[C@H](CCC(=O)NC[C@H](O)[C@@H](O)[C@H](O)[C@H](O)CO)NC(=O)[C@@H](CCC(=O)O)NC(=O)[C@H](CCC(=O)NC[C@H](O)[C@@H](O)[C@H](O)[C@H](O)CO)NC(=O)CC[C@@H](NC(=O)c1ccc(NCc2cnc3nc(N)[nH]c(=O)c3n2)cc1)C(=O)O)C(=O)O. The first-order chi connectivity index (χ1) is 55.0. The van der Waals surface area contributed by atoms with Crippen LogP contribution in [-0.2, 0) is 68.9 Å². The minimum Gasteiger partial charge on any atom is -0.481 e. The zero-order valence-electron chi connectivity index (χ0n) is 62.4. The Labute approximate surface area is 666 Å². The molecule has 0 saturated carbocycles. The number of amides is 10. The third-order valence-electron chi connectivity index (χ3n) is 17.3. The third-order valence-corrected chi connectivity index (χ3v) is 17.9. The van der Waals surface area contributed by atoms with Gasteiger partial charge in [-0.15, -0.1) is 0 Å². The fourth-order valence-corrected chi connectivity index (χ4v) is 11.0. The standard InChI is InChI=1S/C66H100N16O34S/c1-117-26-36(65(115)116)80-62(111)32(8-14-45(94)71-22-39(88)52(102)55(105)42(91)25-85)76-61(110)34(11-17-48(98)99)78-59(108)31(7-13-44(93)70-21-38(87)51(101)54(104)41(90)24-84)75-60(109)33(10-16-47(96)97)77-58(107)30(6-12-43(92)69-20-37(86)50(100)53(103)40(89)23-83)74-46(95)15-9-35(64(113)114)79-57(106)27-2-4-28(5-3-27)68-18-29-19-72-56-49(73-29)63(112)82-66(67)81-56/h2-5,19,30-42,50-55,68,83-91,100-105H,6-18,20-26H2,1H3,(H,69,92)(H,70,93)(H,71,94)(H,74,95)(H,75,109)(H,76,110)(H,77,107)(H,78,108)(H,79,106)(H,80,111)(H,96,97)(H,98,99)(H,113,114)(H,115,116)(H3,67,72,81,82,112)/t30-,31-,32-,33+,34+,35+,36+,37-,38-,39-,40+,41+,42+,50+,51+,52+,53+,54+,55+/m0/s1. The smallest absolute Gasteiger partial charge is 0.327 e. The molecule has 50 nitrogen and oxygen atoms in total. The molecule has 0 saturated heterocycles. The first-order valence-corrected chi connectivity index (χ1v) is 37.1. The number of fused-ring (bicyclic) bond motifs is 1. The van der Waals surface area contributed by atoms with Gasteiger partial charge in [0, 0.05) is 75.2 Å². The number of benzene rings is 1. The number of aromatic nitrogens is 4. The Balaban J connectivity index is 2.06. The van der Waals surface area contributed by atoms with Crippen LogP contribution in [0.15, 0.2) is 35.3 Å². The lowest BCUT2D eigenvalue weighted by molar-refractivity contribution is -0.142. The zero-order valence-corrected chi connectivity index (χ0v) is 63.3. The van der Waals surface area contributed by atoms with Gasteiger partial charge in [-0.3, -0.25) is 67.3 Å². The van der Waals surface area contributed by atoms with Crippen molar-refractivity contribution in [3.05, 3.63) is 52.1 Å². The summed E-state index contributed by atoms with van der Waals surface area (Å²) in [6.45, 7) is -5.95. The molecule has 654 valence electrons. The molecule has 19 atom stereocenters. The van der Waals surface area contributed by atoms with Crippen LogP contribution in [0, 0.1) is 0 Å². The van der Waals surface area contributed by atoms with E-state index in [2.05, 4.69) is 78.4 Å². The predicted molar refractivity (Wildman–Crippen MR) is 396 cm³/mol. The Hall–Kier alpha value is -10.6. The van der Waals surface area contributed by atoms with Gasteiger partial charge in [0.05, 0.1) is 56.6 Å². The highest BCUT2D eigenvalue weighted by atomic mass is 32.2. The second-order valence-electron chi connectivity index (χ2n) is 26.3. The second kappa shape index (κ2) is 50.8. The quantitative estimate of drug-likeness (QED) is 0.0249. The molecule has 0 radical (unpaired) electrons. The van der Waals surface area contributed by atoms with Crippen molar-refractivity contribution in [2.75, 3.05) is 62.5 Å². The molecule has 0 spiro atoms. The number of nitrogens with zero attached hydrogens (tertiary/aromatic N) is 3. The number of aliphatic hydroxyl groups is 15. The maximum atomic E-state index is 14.7. The molecule has 33 N–H and O–H groups in total. The molecule has 0 fully saturated rings. The number of aliphatic hydroxyl groups excluding tert-OH is 15. The molecule has 2 aromatic heterocycles. The average molecular weight is 1690 g/mol. The highest BCUT2D eigenvalue weighted by molar-refractivity contribution is 7.98. The van der Waals surface area contributed by atoms with Crippen LogP contribution in [0.4, 0.5) is 11.6 Å². The van der Waals surface area contributed by atoms with Crippen LogP contribution in [-0.4, -0.2) is 367 Å². The lowest BCUT2D eigenvalue weighted by Gasteiger charge is -2.28. The average Bonchev–Trinajstić information content (AvgIpc) is 0.812. The zero-order chi connectivity index (χ0) is 88.1. The summed E-state index contributed by atoms with van der Waals surface area (Å²) in [5, 5.41) is 213. The van der Waals surface area contributed by atoms with Crippen LogP contribution in [0.25, 0.3) is 11.2 Å². The van der Waals surface area contributed by atoms with Gasteiger partial charge < -0.3 is 161 Å². The maximum absolute atomic E-state index is 14.7. The van der Waals surface area contributed by atoms with Gasteiger partial charge in [0.25, 0.3) is 11.5 Å². The second-order valence-corrected chi connectivity index (χ2v) is 27.2. The number of carboxylic acids is 4. The fourth-order valence-electron chi connectivity index (χ4n) is 10.4. The number of hydrogen-bond acceptors (Lipinski definition) is 36. The molecule has 0 aliphatic carbocycles. The van der Waals surface area contributed by atoms with E-state index in [4.69, 9.17) is 10.8 Å². The highest BCUT2D eigenvalue weighted by Crippen LogP contribution is 2.16. The molecule has 117 heavy (non-hydrogen) atoms. The summed E-state index contributed by atoms with van der Waals surface area (Å²) in [7, 11) is 0. The molecule has 0 bridgehead atoms. The van der Waals surface area contributed by atoms with Crippen molar-refractivity contribution in [3.63, 3.8) is 0 Å². The number of aromatic amines is 1. The minimum absolute atomic E-state index is 0.00275. The van der Waals surface area contributed by atoms with Crippen molar-refractivity contribution in [2.24, 2.45) is 0 Å². The number of rotatable bonds is 56. The van der Waals surface area contributed by atoms with Gasteiger partial charge in [-0.05, 0) is 69.0 Å². The first kappa shape index (κ1) is 101. The predicted octanol–water partition coefficient (Wildman–Crippen LogP) is -14.0. The molecule has 3 aromatic rings. The number of hydrogen-bond donors (Lipinski definition) is 32. The molecular weight excluding hydrogens is 1590 g/mol. The number of aliphatic carboxylic acids is 4. The van der Waals surface area contributed by atoms with E-state index in [0.29, 0.717) is 5.69 Å². The van der Waals surface area contributed by atoms with E-state index >= 15 is 0 Å². The van der Waals surface area contributed by atoms with Crippen molar-refractivity contribution in [1.82, 2.24) is 73.1 Å². The van der Waals surface area contributed by atoms with Crippen LogP contribution in [0.3, 0.4) is 0 Å². The van der Waals surface area contributed by atoms with Crippen molar-refractivity contribution < 1.29 is 164 Å². The van der Waals surface area contributed by atoms with E-state index in [9.17, 15) is 164 Å². The number of carboxylic acid groups (broad SMARTS) is 4. The summed E-state index contributed by atoms with van der Waals surface area (Å²) in [6, 6.07) is -8.84. The van der Waals surface area contributed by atoms with Crippen molar-refractivity contribution in [1.29, 1.82) is 0 Å². The largest absolute Gasteiger partial charge is 0.481 e. The summed E-state index contributed by atoms with van der Waals surface area (Å²) < 4.78 is 0. The molecule has 51 heteroatoms. The lowest BCUT2D eigenvalue weighted by atomic mass is 10.0. The van der Waals surface area contributed by atoms with Crippen molar-refractivity contribution >= 4 is 118 Å². The number of nitrogens with one attached hydrogen (secondary N) is 12. The third kappa shape index (κ3) is 35.0. The Kier molecular flexibility index (Phi) is 43.6. The number of thioether (sulfide) groups is 1. The van der Waals surface area contributed by atoms with E-state index < -0.39 is 321 Å². The van der Waals surface area contributed by atoms with E-state index in [1.165, 1.54) is 36.7 Å². The minimum atomic E-state index is -2.24. The van der Waals surface area contributed by atoms with E-state index in [-0.39, 0.29) is 40.7 Å². The molecular formula is C66H100N16O34S. The Bertz CT molecular complexity index is 3890. The molecule has 0 aliphatic rings. The van der Waals surface area contributed by atoms with Gasteiger partial charge in [0.2, 0.25) is 59.1 Å². The van der Waals surface area contributed by atoms with Gasteiger partial charge >= 0.3 is 23.9 Å². The van der Waals surface area contributed by atoms with E-state index in [1.54, 1.807) is 0 Å². The van der Waals surface area contributed by atoms with Crippen molar-refractivity contribution in [3.8, 4) is 0 Å². The number of H-pyrrole nitrogens is 1. The molecule has 0 aliphatic heterocycles. The van der Waals surface area contributed by atoms with Gasteiger partial charge in [0.1, 0.15) is 97.2 Å². The van der Waals surface area contributed by atoms with Gasteiger partial charge in [-0.1, -0.05) is 0 Å². The van der Waals surface area contributed by atoms with Crippen LogP contribution >= 0.6 is 11.8 Å². The Morgan fingerprint density at radius 2 is 0.761 bits per heavy atom. The topological polar surface area (TPSA) is 853 Å². The van der Waals surface area contributed by atoms with Gasteiger partial charge in [-0.2, -0.15) is 16.7 Å². The van der Waals surface area contributed by atoms with Gasteiger partial charge in [0.15, 0.2) is 11.2 Å². The molecule has 1 aromatic carbocycles. The number of carbonyl (C=O) groups is 14. The normalized spacial score (nSPS) is 16.3. The summed E-state index contributed by atoms with van der Waals surface area (Å²) in [4.78, 5) is 215. The van der Waals surface area contributed by atoms with Crippen LogP contribution in [0.5, 0.6) is 0 Å². The summed E-state index contributed by atoms with van der Waals surface area (Å²) in [5.41, 5.74) is 5.36. The Morgan fingerprint density at radius 3 is 1.11 bits per heavy atom. The van der Waals surface area contributed by atoms with E-state index in [1.807, 2.05) is 0 Å². The van der Waals surface area contributed by atoms with Crippen LogP contribution in [0.2, 0.25) is 0 Å². The number of nitrogen functional groups attached to an aromatic ring is 1. The van der Waals surface area contributed by atoms with Crippen LogP contribution < -0.4 is 69.8 Å². The first-order valence-electron chi connectivity index (χ1n) is 35.7. The lowest BCUT2D eigenvalue weighted by Crippen LogP contribution is -2.60. The fraction of sp³-hybridized carbons (Fsp3) is 0.606. The number of anilines is 2. The van der Waals surface area contributed by atoms with Gasteiger partial charge in [-0.25, -0.2) is 19.6 Å². The molecule has 10 amide bonds. The van der Waals surface area contributed by atoms with Crippen LogP contribution in [0.1, 0.15) is 93.1 Å². The highest BCUT2D eigenvalue weighted by Gasteiger charge is 2.38. The molecule has 2 heterocycles. The number of carbonyl (C=O) groups excluding carboxylic acids is 10. The molecule has 0 unspecified atom stereocenters.